The van der Waals surface area contributed by atoms with E-state index in [9.17, 15) is 0 Å². The van der Waals surface area contributed by atoms with Crippen LogP contribution in [0.25, 0.3) is 22.4 Å². The molecule has 140 valence electrons. The fraction of sp³-hybridized carbons (Fsp3) is 0.450. The lowest BCUT2D eigenvalue weighted by atomic mass is 9.75. The van der Waals surface area contributed by atoms with Crippen LogP contribution >= 0.6 is 0 Å². The number of aromatic nitrogens is 4. The molecule has 1 saturated carbocycles. The molecule has 0 bridgehead atoms. The Kier molecular flexibility index (Phi) is 3.87. The van der Waals surface area contributed by atoms with Gasteiger partial charge < -0.3 is 20.4 Å². The number of nitrogens with two attached hydrogens (primary N) is 1. The van der Waals surface area contributed by atoms with Gasteiger partial charge in [0.05, 0.1) is 30.5 Å². The molecule has 3 aromatic heterocycles. The van der Waals surface area contributed by atoms with Gasteiger partial charge >= 0.3 is 0 Å². The first kappa shape index (κ1) is 16.6. The number of H-pyrrole nitrogens is 1. The number of hydrogen-bond acceptors (Lipinski definition) is 6. The minimum absolute atomic E-state index is 0.272. The lowest BCUT2D eigenvalue weighted by Gasteiger charge is -2.39. The Hall–Kier alpha value is -2.51. The lowest BCUT2D eigenvalue weighted by Crippen LogP contribution is -2.46. The summed E-state index contributed by atoms with van der Waals surface area (Å²) in [6, 6.07) is 6.35. The van der Waals surface area contributed by atoms with Gasteiger partial charge in [-0.3, -0.25) is 0 Å². The maximum Gasteiger partial charge on any atom is 0.162 e. The summed E-state index contributed by atoms with van der Waals surface area (Å²) >= 11 is 0. The molecule has 0 unspecified atom stereocenters. The van der Waals surface area contributed by atoms with E-state index in [-0.39, 0.29) is 11.6 Å². The van der Waals surface area contributed by atoms with E-state index in [1.165, 1.54) is 0 Å². The summed E-state index contributed by atoms with van der Waals surface area (Å²) in [6.45, 7) is 4.41. The monoisotopic (exact) mass is 364 g/mol. The first-order valence-electron chi connectivity index (χ1n) is 9.59. The molecule has 1 aliphatic heterocycles. The molecule has 7 heteroatoms. The summed E-state index contributed by atoms with van der Waals surface area (Å²) in [7, 11) is 0. The van der Waals surface area contributed by atoms with Crippen LogP contribution in [-0.4, -0.2) is 45.7 Å². The number of anilines is 1. The average molecular weight is 364 g/mol. The predicted molar refractivity (Wildman–Crippen MR) is 104 cm³/mol. The second-order valence-corrected chi connectivity index (χ2v) is 7.66. The van der Waals surface area contributed by atoms with Crippen LogP contribution in [0.5, 0.6) is 0 Å². The van der Waals surface area contributed by atoms with Crippen LogP contribution in [-0.2, 0) is 10.3 Å². The highest BCUT2D eigenvalue weighted by Crippen LogP contribution is 2.40. The molecular formula is C20H24N6O. The van der Waals surface area contributed by atoms with Crippen molar-refractivity contribution in [3.05, 3.63) is 36.3 Å². The van der Waals surface area contributed by atoms with E-state index in [4.69, 9.17) is 20.4 Å². The van der Waals surface area contributed by atoms with E-state index in [2.05, 4.69) is 27.9 Å². The number of aromatic amines is 1. The fourth-order valence-electron chi connectivity index (χ4n) is 3.99. The zero-order valence-corrected chi connectivity index (χ0v) is 15.5. The SMILES string of the molecule is C[C@@H]1COCCN1c1cc(C2(N)CCC2)nc(-c2ccnc3[nH]ccc23)n1. The second kappa shape index (κ2) is 6.28. The van der Waals surface area contributed by atoms with Crippen LogP contribution in [0.2, 0.25) is 0 Å². The Labute approximate surface area is 158 Å². The Morgan fingerprint density at radius 2 is 2.19 bits per heavy atom. The van der Waals surface area contributed by atoms with E-state index >= 15 is 0 Å². The van der Waals surface area contributed by atoms with E-state index in [0.29, 0.717) is 19.0 Å². The van der Waals surface area contributed by atoms with Crippen molar-refractivity contribution < 1.29 is 4.74 Å². The highest BCUT2D eigenvalue weighted by atomic mass is 16.5. The van der Waals surface area contributed by atoms with Crippen LogP contribution in [0.3, 0.4) is 0 Å². The molecule has 3 N–H and O–H groups in total. The highest BCUT2D eigenvalue weighted by Gasteiger charge is 2.37. The van der Waals surface area contributed by atoms with Gasteiger partial charge in [0.1, 0.15) is 11.5 Å². The fourth-order valence-corrected chi connectivity index (χ4v) is 3.99. The van der Waals surface area contributed by atoms with Crippen molar-refractivity contribution in [3.8, 4) is 11.4 Å². The van der Waals surface area contributed by atoms with E-state index in [1.807, 2.05) is 18.3 Å². The van der Waals surface area contributed by atoms with Gasteiger partial charge in [0.15, 0.2) is 5.82 Å². The maximum atomic E-state index is 6.64. The molecular weight excluding hydrogens is 340 g/mol. The molecule has 0 radical (unpaired) electrons. The molecule has 2 fully saturated rings. The normalized spacial score (nSPS) is 22.0. The number of pyridine rings is 1. The first-order valence-corrected chi connectivity index (χ1v) is 9.59. The smallest absolute Gasteiger partial charge is 0.162 e. The quantitative estimate of drug-likeness (QED) is 0.742. The van der Waals surface area contributed by atoms with Gasteiger partial charge in [-0.15, -0.1) is 0 Å². The number of nitrogens with zero attached hydrogens (tertiary/aromatic N) is 4. The molecule has 0 spiro atoms. The number of hydrogen-bond donors (Lipinski definition) is 2. The van der Waals surface area contributed by atoms with Crippen molar-refractivity contribution in [2.45, 2.75) is 37.8 Å². The summed E-state index contributed by atoms with van der Waals surface area (Å²) in [4.78, 5) is 19.7. The van der Waals surface area contributed by atoms with Gasteiger partial charge in [-0.05, 0) is 38.3 Å². The second-order valence-electron chi connectivity index (χ2n) is 7.66. The van der Waals surface area contributed by atoms with Gasteiger partial charge in [0.2, 0.25) is 0 Å². The number of morpholine rings is 1. The Balaban J connectivity index is 1.67. The van der Waals surface area contributed by atoms with Crippen molar-refractivity contribution in [1.82, 2.24) is 19.9 Å². The van der Waals surface area contributed by atoms with Crippen molar-refractivity contribution >= 4 is 16.9 Å². The third-order valence-corrected chi connectivity index (χ3v) is 5.83. The minimum atomic E-state index is -0.341. The molecule has 1 aliphatic carbocycles. The van der Waals surface area contributed by atoms with E-state index in [0.717, 1.165) is 53.9 Å². The standard InChI is InChI=1S/C20H24N6O/c1-13-12-27-10-9-26(13)17-11-16(20(21)5-2-6-20)24-19(25-17)15-4-8-23-18-14(15)3-7-22-18/h3-4,7-8,11,13H,2,5-6,9-10,12,21H2,1H3,(H,22,23)/t13-/m1/s1. The third kappa shape index (κ3) is 2.78. The first-order chi connectivity index (χ1) is 13.1. The van der Waals surface area contributed by atoms with Crippen LogP contribution < -0.4 is 10.6 Å². The summed E-state index contributed by atoms with van der Waals surface area (Å²) in [5.74, 6) is 1.65. The molecule has 5 rings (SSSR count). The molecule has 27 heavy (non-hydrogen) atoms. The van der Waals surface area contributed by atoms with Crippen molar-refractivity contribution in [3.63, 3.8) is 0 Å². The molecule has 3 aromatic rings. The van der Waals surface area contributed by atoms with E-state index in [1.54, 1.807) is 6.20 Å². The number of rotatable bonds is 3. The van der Waals surface area contributed by atoms with Crippen molar-refractivity contribution in [2.24, 2.45) is 5.73 Å². The molecule has 0 amide bonds. The van der Waals surface area contributed by atoms with Gasteiger partial charge in [-0.1, -0.05) is 0 Å². The molecule has 1 atom stereocenters. The topological polar surface area (TPSA) is 93.0 Å². The summed E-state index contributed by atoms with van der Waals surface area (Å²) < 4.78 is 5.60. The number of ether oxygens (including phenoxy) is 1. The van der Waals surface area contributed by atoms with Crippen LogP contribution in [0.15, 0.2) is 30.6 Å². The van der Waals surface area contributed by atoms with Crippen LogP contribution in [0, 0.1) is 0 Å². The van der Waals surface area contributed by atoms with Crippen LogP contribution in [0.1, 0.15) is 31.9 Å². The molecule has 2 aliphatic rings. The van der Waals surface area contributed by atoms with E-state index < -0.39 is 0 Å². The Bertz CT molecular complexity index is 980. The largest absolute Gasteiger partial charge is 0.377 e. The summed E-state index contributed by atoms with van der Waals surface area (Å²) in [6.07, 6.45) is 6.78. The number of fused-ring (bicyclic) bond motifs is 1. The zero-order chi connectivity index (χ0) is 18.4. The van der Waals surface area contributed by atoms with Gasteiger partial charge in [0.25, 0.3) is 0 Å². The van der Waals surface area contributed by atoms with Crippen molar-refractivity contribution in [1.29, 1.82) is 0 Å². The lowest BCUT2D eigenvalue weighted by molar-refractivity contribution is 0.0985. The Morgan fingerprint density at radius 3 is 2.96 bits per heavy atom. The van der Waals surface area contributed by atoms with Crippen molar-refractivity contribution in [2.75, 3.05) is 24.7 Å². The van der Waals surface area contributed by atoms with Gasteiger partial charge in [0, 0.05) is 36.0 Å². The van der Waals surface area contributed by atoms with Gasteiger partial charge in [-0.25, -0.2) is 15.0 Å². The van der Waals surface area contributed by atoms with Crippen LogP contribution in [0.4, 0.5) is 5.82 Å². The minimum Gasteiger partial charge on any atom is -0.377 e. The zero-order valence-electron chi connectivity index (χ0n) is 15.5. The third-order valence-electron chi connectivity index (χ3n) is 5.83. The highest BCUT2D eigenvalue weighted by molar-refractivity contribution is 5.91. The average Bonchev–Trinajstić information content (AvgIpc) is 3.15. The van der Waals surface area contributed by atoms with Gasteiger partial charge in [-0.2, -0.15) is 0 Å². The molecule has 0 aromatic carbocycles. The predicted octanol–water partition coefficient (Wildman–Crippen LogP) is 2.58. The molecule has 7 nitrogen and oxygen atoms in total. The number of nitrogens with one attached hydrogen (secondary N) is 1. The molecule has 1 saturated heterocycles. The summed E-state index contributed by atoms with van der Waals surface area (Å²) in [5.41, 5.74) is 9.06. The Morgan fingerprint density at radius 1 is 1.30 bits per heavy atom. The maximum absolute atomic E-state index is 6.64. The summed E-state index contributed by atoms with van der Waals surface area (Å²) in [5, 5.41) is 1.02. The molecule has 4 heterocycles.